The summed E-state index contributed by atoms with van der Waals surface area (Å²) in [5, 5.41) is 2.50. The lowest BCUT2D eigenvalue weighted by atomic mass is 9.90. The summed E-state index contributed by atoms with van der Waals surface area (Å²) in [6.07, 6.45) is -2.08. The number of halogens is 3. The van der Waals surface area contributed by atoms with E-state index in [4.69, 9.17) is 0 Å². The first kappa shape index (κ1) is 9.84. The van der Waals surface area contributed by atoms with Crippen LogP contribution >= 0.6 is 0 Å². The van der Waals surface area contributed by atoms with Gasteiger partial charge in [0.25, 0.3) is 0 Å². The fraction of sp³-hybridized carbons (Fsp3) is 1.00. The van der Waals surface area contributed by atoms with E-state index in [9.17, 15) is 13.2 Å². The topological polar surface area (TPSA) is 12.0 Å². The molecule has 1 aliphatic heterocycles. The molecule has 0 spiro atoms. The molecular formula is C8H14F3N. The molecule has 1 unspecified atom stereocenters. The van der Waals surface area contributed by atoms with E-state index in [0.717, 1.165) is 12.8 Å². The maximum Gasteiger partial charge on any atom is 0.403 e. The molecule has 1 aliphatic rings. The first-order chi connectivity index (χ1) is 5.54. The standard InChI is InChI=1S/C8H14F3N/c1-2-6-3-4-12-7(5-6)8(9,10)11/h6-7,12H,2-5H2,1H3/t6?,7-/m0/s1. The third-order valence-electron chi connectivity index (χ3n) is 2.48. The SMILES string of the molecule is CCC1CCN[C@H](C(F)(F)F)C1. The van der Waals surface area contributed by atoms with E-state index in [-0.39, 0.29) is 12.3 Å². The number of hydrogen-bond acceptors (Lipinski definition) is 1. The van der Waals surface area contributed by atoms with E-state index < -0.39 is 12.2 Å². The summed E-state index contributed by atoms with van der Waals surface area (Å²) in [6.45, 7) is 2.45. The van der Waals surface area contributed by atoms with Gasteiger partial charge in [-0.1, -0.05) is 13.3 Å². The lowest BCUT2D eigenvalue weighted by Gasteiger charge is -2.30. The highest BCUT2D eigenvalue weighted by molar-refractivity contribution is 4.82. The first-order valence-corrected chi connectivity index (χ1v) is 4.34. The van der Waals surface area contributed by atoms with E-state index in [1.807, 2.05) is 6.92 Å². The maximum atomic E-state index is 12.2. The molecule has 1 heterocycles. The highest BCUT2D eigenvalue weighted by atomic mass is 19.4. The van der Waals surface area contributed by atoms with Gasteiger partial charge in [0.1, 0.15) is 6.04 Å². The molecule has 0 bridgehead atoms. The van der Waals surface area contributed by atoms with Gasteiger partial charge in [0.05, 0.1) is 0 Å². The molecule has 0 aromatic carbocycles. The van der Waals surface area contributed by atoms with Crippen LogP contribution in [-0.4, -0.2) is 18.8 Å². The molecule has 4 heteroatoms. The van der Waals surface area contributed by atoms with Gasteiger partial charge in [-0.15, -0.1) is 0 Å². The van der Waals surface area contributed by atoms with Gasteiger partial charge in [0, 0.05) is 0 Å². The van der Waals surface area contributed by atoms with Crippen LogP contribution in [0.5, 0.6) is 0 Å². The normalized spacial score (nSPS) is 32.0. The van der Waals surface area contributed by atoms with Crippen molar-refractivity contribution in [2.24, 2.45) is 5.92 Å². The van der Waals surface area contributed by atoms with E-state index >= 15 is 0 Å². The molecule has 0 aliphatic carbocycles. The molecule has 0 aromatic heterocycles. The van der Waals surface area contributed by atoms with Gasteiger partial charge in [-0.05, 0) is 25.3 Å². The van der Waals surface area contributed by atoms with E-state index in [1.165, 1.54) is 0 Å². The molecule has 2 atom stereocenters. The Morgan fingerprint density at radius 2 is 2.08 bits per heavy atom. The number of nitrogens with one attached hydrogen (secondary N) is 1. The smallest absolute Gasteiger partial charge is 0.306 e. The molecule has 1 saturated heterocycles. The first-order valence-electron chi connectivity index (χ1n) is 4.34. The monoisotopic (exact) mass is 181 g/mol. The zero-order chi connectivity index (χ0) is 9.19. The van der Waals surface area contributed by atoms with Gasteiger partial charge < -0.3 is 5.32 Å². The minimum atomic E-state index is -4.06. The molecule has 0 radical (unpaired) electrons. The highest BCUT2D eigenvalue weighted by Crippen LogP contribution is 2.29. The Balaban J connectivity index is 2.46. The average molecular weight is 181 g/mol. The second kappa shape index (κ2) is 3.64. The molecule has 1 fully saturated rings. The van der Waals surface area contributed by atoms with Crippen molar-refractivity contribution in [3.05, 3.63) is 0 Å². The van der Waals surface area contributed by atoms with Crippen LogP contribution in [0, 0.1) is 5.92 Å². The summed E-state index contributed by atoms with van der Waals surface area (Å²) < 4.78 is 36.6. The van der Waals surface area contributed by atoms with Crippen molar-refractivity contribution in [1.29, 1.82) is 0 Å². The van der Waals surface area contributed by atoms with Gasteiger partial charge in [-0.3, -0.25) is 0 Å². The number of hydrogen-bond donors (Lipinski definition) is 1. The van der Waals surface area contributed by atoms with Gasteiger partial charge in [-0.25, -0.2) is 0 Å². The predicted octanol–water partition coefficient (Wildman–Crippen LogP) is 2.33. The molecule has 72 valence electrons. The molecule has 0 amide bonds. The Morgan fingerprint density at radius 1 is 1.42 bits per heavy atom. The Bertz CT molecular complexity index is 144. The average Bonchev–Trinajstić information content (AvgIpc) is 2.03. The summed E-state index contributed by atoms with van der Waals surface area (Å²) in [7, 11) is 0. The predicted molar refractivity (Wildman–Crippen MR) is 40.9 cm³/mol. The zero-order valence-corrected chi connectivity index (χ0v) is 7.12. The van der Waals surface area contributed by atoms with Crippen LogP contribution in [0.15, 0.2) is 0 Å². The second-order valence-corrected chi connectivity index (χ2v) is 3.35. The maximum absolute atomic E-state index is 12.2. The lowest BCUT2D eigenvalue weighted by Crippen LogP contribution is -2.47. The van der Waals surface area contributed by atoms with E-state index in [2.05, 4.69) is 5.32 Å². The Kier molecular flexibility index (Phi) is 2.99. The van der Waals surface area contributed by atoms with Crippen LogP contribution in [-0.2, 0) is 0 Å². The molecule has 1 N–H and O–H groups in total. The Hall–Kier alpha value is -0.250. The largest absolute Gasteiger partial charge is 0.403 e. The van der Waals surface area contributed by atoms with Crippen molar-refractivity contribution < 1.29 is 13.2 Å². The van der Waals surface area contributed by atoms with E-state index in [0.29, 0.717) is 6.54 Å². The van der Waals surface area contributed by atoms with Crippen molar-refractivity contribution in [3.8, 4) is 0 Å². The van der Waals surface area contributed by atoms with Gasteiger partial charge >= 0.3 is 6.18 Å². The van der Waals surface area contributed by atoms with Crippen LogP contribution in [0.2, 0.25) is 0 Å². The van der Waals surface area contributed by atoms with Gasteiger partial charge in [0.2, 0.25) is 0 Å². The molecule has 0 saturated carbocycles. The lowest BCUT2D eigenvalue weighted by molar-refractivity contribution is -0.163. The van der Waals surface area contributed by atoms with Crippen LogP contribution in [0.4, 0.5) is 13.2 Å². The van der Waals surface area contributed by atoms with E-state index in [1.54, 1.807) is 0 Å². The Morgan fingerprint density at radius 3 is 2.58 bits per heavy atom. The molecule has 1 nitrogen and oxygen atoms in total. The second-order valence-electron chi connectivity index (χ2n) is 3.35. The van der Waals surface area contributed by atoms with Crippen LogP contribution in [0.3, 0.4) is 0 Å². The van der Waals surface area contributed by atoms with Crippen LogP contribution in [0.25, 0.3) is 0 Å². The summed E-state index contributed by atoms with van der Waals surface area (Å²) in [6, 6.07) is -1.27. The fourth-order valence-corrected chi connectivity index (χ4v) is 1.62. The van der Waals surface area contributed by atoms with Crippen LogP contribution in [0.1, 0.15) is 26.2 Å². The molecular weight excluding hydrogens is 167 g/mol. The number of piperidine rings is 1. The fourth-order valence-electron chi connectivity index (χ4n) is 1.62. The van der Waals surface area contributed by atoms with Crippen molar-refractivity contribution in [1.82, 2.24) is 5.32 Å². The minimum absolute atomic E-state index is 0.248. The highest BCUT2D eigenvalue weighted by Gasteiger charge is 2.41. The molecule has 1 rings (SSSR count). The third-order valence-corrected chi connectivity index (χ3v) is 2.48. The van der Waals surface area contributed by atoms with Crippen molar-refractivity contribution >= 4 is 0 Å². The van der Waals surface area contributed by atoms with Crippen LogP contribution < -0.4 is 5.32 Å². The van der Waals surface area contributed by atoms with Crippen molar-refractivity contribution in [2.45, 2.75) is 38.4 Å². The Labute approximate surface area is 70.3 Å². The summed E-state index contributed by atoms with van der Waals surface area (Å²) >= 11 is 0. The summed E-state index contributed by atoms with van der Waals surface area (Å²) in [5.74, 6) is 0.248. The quantitative estimate of drug-likeness (QED) is 0.654. The number of rotatable bonds is 1. The summed E-state index contributed by atoms with van der Waals surface area (Å²) in [4.78, 5) is 0. The van der Waals surface area contributed by atoms with Crippen molar-refractivity contribution in [3.63, 3.8) is 0 Å². The summed E-state index contributed by atoms with van der Waals surface area (Å²) in [5.41, 5.74) is 0. The van der Waals surface area contributed by atoms with Gasteiger partial charge in [0.15, 0.2) is 0 Å². The van der Waals surface area contributed by atoms with Crippen molar-refractivity contribution in [2.75, 3.05) is 6.54 Å². The number of alkyl halides is 3. The van der Waals surface area contributed by atoms with Gasteiger partial charge in [-0.2, -0.15) is 13.2 Å². The molecule has 12 heavy (non-hydrogen) atoms. The minimum Gasteiger partial charge on any atom is -0.306 e. The zero-order valence-electron chi connectivity index (χ0n) is 7.12. The molecule has 0 aromatic rings. The third kappa shape index (κ3) is 2.37.